The summed E-state index contributed by atoms with van der Waals surface area (Å²) in [6, 6.07) is 0. The van der Waals surface area contributed by atoms with Gasteiger partial charge >= 0.3 is 0 Å². The third-order valence-electron chi connectivity index (χ3n) is 3.22. The molecule has 5 nitrogen and oxygen atoms in total. The summed E-state index contributed by atoms with van der Waals surface area (Å²) in [6.07, 6.45) is 6.88. The van der Waals surface area contributed by atoms with E-state index in [0.717, 1.165) is 32.2 Å². The molecule has 0 saturated carbocycles. The lowest BCUT2D eigenvalue weighted by atomic mass is 9.91. The zero-order valence-corrected chi connectivity index (χ0v) is 12.0. The number of hydrogen-bond donors (Lipinski definition) is 2. The number of anilines is 1. The molecule has 2 N–H and O–H groups in total. The Hall–Kier alpha value is -1.01. The summed E-state index contributed by atoms with van der Waals surface area (Å²) in [4.78, 5) is 20.5. The minimum absolute atomic E-state index is 0.00141. The number of aromatic nitrogens is 2. The first-order chi connectivity index (χ1) is 8.66. The Bertz CT molecular complexity index is 415. The fraction of sp³-hybridized carbons (Fsp3) is 0.583. The van der Waals surface area contributed by atoms with Crippen molar-refractivity contribution in [1.29, 1.82) is 0 Å². The van der Waals surface area contributed by atoms with Crippen molar-refractivity contribution in [3.63, 3.8) is 0 Å². The lowest BCUT2D eigenvalue weighted by Gasteiger charge is -2.27. The molecule has 1 aliphatic rings. The molecule has 18 heavy (non-hydrogen) atoms. The maximum absolute atomic E-state index is 12.4. The van der Waals surface area contributed by atoms with Gasteiger partial charge in [-0.3, -0.25) is 4.79 Å². The lowest BCUT2D eigenvalue weighted by molar-refractivity contribution is -0.122. The summed E-state index contributed by atoms with van der Waals surface area (Å²) in [6.45, 7) is 2.99. The number of carbonyl (C=O) groups is 1. The number of halogens is 1. The minimum atomic E-state index is -0.427. The first kappa shape index (κ1) is 13.4. The molecular formula is C12H17BrN4O. The van der Waals surface area contributed by atoms with Crippen LogP contribution in [0.15, 0.2) is 17.0 Å². The van der Waals surface area contributed by atoms with Crippen LogP contribution in [0.3, 0.4) is 0 Å². The van der Waals surface area contributed by atoms with Crippen molar-refractivity contribution in [3.8, 4) is 0 Å². The largest absolute Gasteiger partial charge is 0.308 e. The molecule has 2 heterocycles. The Balaban J connectivity index is 2.07. The highest BCUT2D eigenvalue weighted by Crippen LogP contribution is 2.26. The fourth-order valence-corrected chi connectivity index (χ4v) is 2.57. The van der Waals surface area contributed by atoms with Crippen LogP contribution >= 0.6 is 15.9 Å². The molecule has 0 aromatic carbocycles. The van der Waals surface area contributed by atoms with Gasteiger partial charge in [0.25, 0.3) is 0 Å². The Morgan fingerprint density at radius 3 is 2.94 bits per heavy atom. The van der Waals surface area contributed by atoms with Gasteiger partial charge in [-0.25, -0.2) is 9.97 Å². The Labute approximate surface area is 115 Å². The number of rotatable bonds is 4. The lowest BCUT2D eigenvalue weighted by Crippen LogP contribution is -2.50. The zero-order valence-electron chi connectivity index (χ0n) is 10.4. The van der Waals surface area contributed by atoms with Gasteiger partial charge in [0, 0.05) is 0 Å². The summed E-state index contributed by atoms with van der Waals surface area (Å²) < 4.78 is 0.655. The van der Waals surface area contributed by atoms with Crippen molar-refractivity contribution >= 4 is 27.7 Å². The predicted octanol–water partition coefficient (Wildman–Crippen LogP) is 2.10. The van der Waals surface area contributed by atoms with E-state index in [1.807, 2.05) is 0 Å². The molecule has 1 aromatic rings. The Morgan fingerprint density at radius 1 is 1.56 bits per heavy atom. The predicted molar refractivity (Wildman–Crippen MR) is 73.2 cm³/mol. The van der Waals surface area contributed by atoms with Gasteiger partial charge in [-0.2, -0.15) is 0 Å². The smallest absolute Gasteiger partial charge is 0.245 e. The molecule has 2 rings (SSSR count). The molecule has 1 amide bonds. The third kappa shape index (κ3) is 2.87. The van der Waals surface area contributed by atoms with E-state index in [0.29, 0.717) is 10.4 Å². The van der Waals surface area contributed by atoms with E-state index < -0.39 is 5.54 Å². The van der Waals surface area contributed by atoms with Crippen LogP contribution in [0.4, 0.5) is 5.82 Å². The SMILES string of the molecule is CCCC1(C(=O)Nc2cnc(Br)cn2)CCCN1. The van der Waals surface area contributed by atoms with E-state index >= 15 is 0 Å². The number of hydrogen-bond acceptors (Lipinski definition) is 4. The number of carbonyl (C=O) groups excluding carboxylic acids is 1. The van der Waals surface area contributed by atoms with Crippen molar-refractivity contribution in [1.82, 2.24) is 15.3 Å². The van der Waals surface area contributed by atoms with Gasteiger partial charge in [0.15, 0.2) is 5.82 Å². The molecule has 1 atom stereocenters. The van der Waals surface area contributed by atoms with Crippen molar-refractivity contribution in [2.45, 2.75) is 38.1 Å². The number of nitrogens with zero attached hydrogens (tertiary/aromatic N) is 2. The van der Waals surface area contributed by atoms with E-state index in [1.165, 1.54) is 0 Å². The van der Waals surface area contributed by atoms with Crippen LogP contribution in [0.1, 0.15) is 32.6 Å². The molecule has 1 fully saturated rings. The monoisotopic (exact) mass is 312 g/mol. The van der Waals surface area contributed by atoms with E-state index in [2.05, 4.69) is 43.5 Å². The molecule has 1 aromatic heterocycles. The average molecular weight is 313 g/mol. The standard InChI is InChI=1S/C12H17BrN4O/c1-2-4-12(5-3-6-16-12)11(18)17-10-8-14-9(13)7-15-10/h7-8,16H,2-6H2,1H3,(H,15,17,18). The summed E-state index contributed by atoms with van der Waals surface area (Å²) >= 11 is 3.21. The van der Waals surface area contributed by atoms with E-state index in [-0.39, 0.29) is 5.91 Å². The summed E-state index contributed by atoms with van der Waals surface area (Å²) in [5.41, 5.74) is -0.427. The van der Waals surface area contributed by atoms with Gasteiger partial charge < -0.3 is 10.6 Å². The van der Waals surface area contributed by atoms with Crippen LogP contribution < -0.4 is 10.6 Å². The van der Waals surface area contributed by atoms with E-state index in [4.69, 9.17) is 0 Å². The van der Waals surface area contributed by atoms with Crippen molar-refractivity contribution < 1.29 is 4.79 Å². The quantitative estimate of drug-likeness (QED) is 0.893. The van der Waals surface area contributed by atoms with Crippen LogP contribution in [0.5, 0.6) is 0 Å². The van der Waals surface area contributed by atoms with Gasteiger partial charge in [-0.1, -0.05) is 13.3 Å². The molecule has 1 saturated heterocycles. The topological polar surface area (TPSA) is 66.9 Å². The molecule has 0 spiro atoms. The van der Waals surface area contributed by atoms with Gasteiger partial charge in [0.2, 0.25) is 5.91 Å². The summed E-state index contributed by atoms with van der Waals surface area (Å²) in [5.74, 6) is 0.492. The van der Waals surface area contributed by atoms with Crippen LogP contribution in [0, 0.1) is 0 Å². The molecule has 0 bridgehead atoms. The first-order valence-corrected chi connectivity index (χ1v) is 6.99. The molecule has 6 heteroatoms. The van der Waals surface area contributed by atoms with Gasteiger partial charge in [0.1, 0.15) is 4.60 Å². The van der Waals surface area contributed by atoms with Gasteiger partial charge in [0.05, 0.1) is 17.9 Å². The summed E-state index contributed by atoms with van der Waals surface area (Å²) in [7, 11) is 0. The van der Waals surface area contributed by atoms with Crippen molar-refractivity contribution in [2.24, 2.45) is 0 Å². The Kier molecular flexibility index (Phi) is 4.29. The summed E-state index contributed by atoms with van der Waals surface area (Å²) in [5, 5.41) is 6.17. The molecule has 1 aliphatic heterocycles. The normalized spacial score (nSPS) is 23.0. The second-order valence-corrected chi connectivity index (χ2v) is 5.35. The highest BCUT2D eigenvalue weighted by Gasteiger charge is 2.40. The highest BCUT2D eigenvalue weighted by molar-refractivity contribution is 9.10. The number of amides is 1. The first-order valence-electron chi connectivity index (χ1n) is 6.20. The van der Waals surface area contributed by atoms with Crippen LogP contribution in [-0.4, -0.2) is 28.0 Å². The van der Waals surface area contributed by atoms with E-state index in [9.17, 15) is 4.79 Å². The third-order valence-corrected chi connectivity index (χ3v) is 3.63. The van der Waals surface area contributed by atoms with Gasteiger partial charge in [-0.05, 0) is 41.7 Å². The molecular weight excluding hydrogens is 296 g/mol. The van der Waals surface area contributed by atoms with Crippen molar-refractivity contribution in [2.75, 3.05) is 11.9 Å². The molecule has 0 radical (unpaired) electrons. The maximum atomic E-state index is 12.4. The van der Waals surface area contributed by atoms with Crippen LogP contribution in [0.25, 0.3) is 0 Å². The van der Waals surface area contributed by atoms with Gasteiger partial charge in [-0.15, -0.1) is 0 Å². The highest BCUT2D eigenvalue weighted by atomic mass is 79.9. The second-order valence-electron chi connectivity index (χ2n) is 4.54. The number of nitrogens with one attached hydrogen (secondary N) is 2. The molecule has 0 aliphatic carbocycles. The fourth-order valence-electron chi connectivity index (χ4n) is 2.37. The maximum Gasteiger partial charge on any atom is 0.245 e. The van der Waals surface area contributed by atoms with Crippen LogP contribution in [-0.2, 0) is 4.79 Å². The molecule has 98 valence electrons. The van der Waals surface area contributed by atoms with Crippen LogP contribution in [0.2, 0.25) is 0 Å². The average Bonchev–Trinajstić information content (AvgIpc) is 2.82. The zero-order chi connectivity index (χ0) is 13.0. The van der Waals surface area contributed by atoms with E-state index in [1.54, 1.807) is 12.4 Å². The Morgan fingerprint density at radius 2 is 2.39 bits per heavy atom. The second kappa shape index (κ2) is 5.75. The molecule has 1 unspecified atom stereocenters. The minimum Gasteiger partial charge on any atom is -0.308 e. The van der Waals surface area contributed by atoms with Crippen molar-refractivity contribution in [3.05, 3.63) is 17.0 Å².